The fourth-order valence-electron chi connectivity index (χ4n) is 1.95. The number of carbonyl (C=O) groups is 1. The number of hydrogen-bond donors (Lipinski definition) is 3. The molecule has 18 heavy (non-hydrogen) atoms. The third-order valence-corrected chi connectivity index (χ3v) is 2.89. The van der Waals surface area contributed by atoms with Gasteiger partial charge < -0.3 is 21.1 Å². The Morgan fingerprint density at radius 3 is 3.22 bits per heavy atom. The zero-order valence-corrected chi connectivity index (χ0v) is 10.2. The summed E-state index contributed by atoms with van der Waals surface area (Å²) in [6.07, 6.45) is -0.533. The van der Waals surface area contributed by atoms with Crippen LogP contribution in [0.4, 0.5) is 0 Å². The number of hydrogen-bond acceptors (Lipinski definition) is 5. The van der Waals surface area contributed by atoms with E-state index in [0.29, 0.717) is 44.1 Å². The standard InChI is InChI=1S/C12H18N4O2/c13-6-9-2-1-3-11(15-9)12(18)16-5-4-14-7-10(17)8-16/h1-3,10,14,17H,4-8,13H2. The minimum Gasteiger partial charge on any atom is -0.390 e. The summed E-state index contributed by atoms with van der Waals surface area (Å²) in [6, 6.07) is 5.23. The molecule has 0 aromatic carbocycles. The highest BCUT2D eigenvalue weighted by Gasteiger charge is 2.22. The molecule has 6 nitrogen and oxygen atoms in total. The number of nitrogens with zero attached hydrogens (tertiary/aromatic N) is 2. The Kier molecular flexibility index (Phi) is 4.24. The van der Waals surface area contributed by atoms with Gasteiger partial charge in [-0.3, -0.25) is 4.79 Å². The maximum Gasteiger partial charge on any atom is 0.272 e. The minimum atomic E-state index is -0.533. The van der Waals surface area contributed by atoms with Crippen molar-refractivity contribution in [3.05, 3.63) is 29.6 Å². The number of aromatic nitrogens is 1. The van der Waals surface area contributed by atoms with Gasteiger partial charge in [0.05, 0.1) is 11.8 Å². The zero-order valence-electron chi connectivity index (χ0n) is 10.2. The predicted molar refractivity (Wildman–Crippen MR) is 66.9 cm³/mol. The third kappa shape index (κ3) is 3.04. The molecular weight excluding hydrogens is 232 g/mol. The highest BCUT2D eigenvalue weighted by molar-refractivity contribution is 5.92. The van der Waals surface area contributed by atoms with Crippen LogP contribution in [0.2, 0.25) is 0 Å². The maximum atomic E-state index is 12.2. The number of aliphatic hydroxyl groups excluding tert-OH is 1. The molecule has 0 radical (unpaired) electrons. The van der Waals surface area contributed by atoms with Gasteiger partial charge in [-0.25, -0.2) is 4.98 Å². The second-order valence-corrected chi connectivity index (χ2v) is 4.33. The van der Waals surface area contributed by atoms with Crippen molar-refractivity contribution in [1.29, 1.82) is 0 Å². The summed E-state index contributed by atoms with van der Waals surface area (Å²) in [6.45, 7) is 2.41. The Balaban J connectivity index is 2.13. The number of pyridine rings is 1. The van der Waals surface area contributed by atoms with Gasteiger partial charge in [0.15, 0.2) is 0 Å². The maximum absolute atomic E-state index is 12.2. The largest absolute Gasteiger partial charge is 0.390 e. The van der Waals surface area contributed by atoms with Crippen LogP contribution in [-0.2, 0) is 6.54 Å². The molecule has 2 rings (SSSR count). The second-order valence-electron chi connectivity index (χ2n) is 4.33. The second kappa shape index (κ2) is 5.90. The van der Waals surface area contributed by atoms with Gasteiger partial charge in [-0.1, -0.05) is 6.07 Å². The van der Waals surface area contributed by atoms with Gasteiger partial charge in [-0.05, 0) is 12.1 Å². The monoisotopic (exact) mass is 250 g/mol. The molecule has 1 aliphatic rings. The van der Waals surface area contributed by atoms with E-state index in [0.717, 1.165) is 0 Å². The van der Waals surface area contributed by atoms with Crippen molar-refractivity contribution in [2.24, 2.45) is 5.73 Å². The molecule has 1 saturated heterocycles. The van der Waals surface area contributed by atoms with E-state index in [2.05, 4.69) is 10.3 Å². The quantitative estimate of drug-likeness (QED) is 0.623. The smallest absolute Gasteiger partial charge is 0.272 e. The first-order valence-electron chi connectivity index (χ1n) is 6.05. The molecule has 0 aliphatic carbocycles. The van der Waals surface area contributed by atoms with E-state index in [1.54, 1.807) is 23.1 Å². The molecule has 2 heterocycles. The SMILES string of the molecule is NCc1cccc(C(=O)N2CCNCC(O)C2)n1. The Bertz CT molecular complexity index is 424. The Morgan fingerprint density at radius 2 is 2.44 bits per heavy atom. The fourth-order valence-corrected chi connectivity index (χ4v) is 1.95. The third-order valence-electron chi connectivity index (χ3n) is 2.89. The molecule has 1 aliphatic heterocycles. The van der Waals surface area contributed by atoms with Crippen LogP contribution in [0, 0.1) is 0 Å². The highest BCUT2D eigenvalue weighted by Crippen LogP contribution is 2.06. The van der Waals surface area contributed by atoms with Crippen LogP contribution in [0.5, 0.6) is 0 Å². The first-order chi connectivity index (χ1) is 8.70. The molecule has 0 spiro atoms. The average Bonchev–Trinajstić information content (AvgIpc) is 2.62. The van der Waals surface area contributed by atoms with Crippen molar-refractivity contribution in [1.82, 2.24) is 15.2 Å². The van der Waals surface area contributed by atoms with E-state index < -0.39 is 6.10 Å². The zero-order chi connectivity index (χ0) is 13.0. The normalized spacial score (nSPS) is 20.6. The van der Waals surface area contributed by atoms with Crippen molar-refractivity contribution >= 4 is 5.91 Å². The topological polar surface area (TPSA) is 91.5 Å². The van der Waals surface area contributed by atoms with E-state index in [4.69, 9.17) is 5.73 Å². The van der Waals surface area contributed by atoms with Crippen LogP contribution in [0.15, 0.2) is 18.2 Å². The predicted octanol–water partition coefficient (Wildman–Crippen LogP) is -1.05. The molecule has 0 saturated carbocycles. The Labute approximate surface area is 106 Å². The van der Waals surface area contributed by atoms with Crippen LogP contribution in [0.3, 0.4) is 0 Å². The van der Waals surface area contributed by atoms with Gasteiger partial charge in [-0.15, -0.1) is 0 Å². The summed E-state index contributed by atoms with van der Waals surface area (Å²) in [5.74, 6) is -0.159. The van der Waals surface area contributed by atoms with Crippen molar-refractivity contribution in [3.8, 4) is 0 Å². The van der Waals surface area contributed by atoms with Crippen molar-refractivity contribution in [2.45, 2.75) is 12.6 Å². The Morgan fingerprint density at radius 1 is 1.61 bits per heavy atom. The van der Waals surface area contributed by atoms with E-state index in [9.17, 15) is 9.90 Å². The van der Waals surface area contributed by atoms with Gasteiger partial charge in [0.1, 0.15) is 5.69 Å². The van der Waals surface area contributed by atoms with E-state index >= 15 is 0 Å². The van der Waals surface area contributed by atoms with Crippen LogP contribution in [0.1, 0.15) is 16.2 Å². The summed E-state index contributed by atoms with van der Waals surface area (Å²) in [5, 5.41) is 12.7. The molecule has 1 fully saturated rings. The molecular formula is C12H18N4O2. The van der Waals surface area contributed by atoms with E-state index in [-0.39, 0.29) is 5.91 Å². The van der Waals surface area contributed by atoms with Crippen LogP contribution >= 0.6 is 0 Å². The first kappa shape index (κ1) is 12.9. The van der Waals surface area contributed by atoms with Crippen LogP contribution in [-0.4, -0.2) is 53.2 Å². The summed E-state index contributed by atoms with van der Waals surface area (Å²) in [7, 11) is 0. The van der Waals surface area contributed by atoms with Gasteiger partial charge in [0, 0.05) is 32.7 Å². The summed E-state index contributed by atoms with van der Waals surface area (Å²) < 4.78 is 0. The fraction of sp³-hybridized carbons (Fsp3) is 0.500. The van der Waals surface area contributed by atoms with E-state index in [1.165, 1.54) is 0 Å². The Hall–Kier alpha value is -1.50. The van der Waals surface area contributed by atoms with Crippen molar-refractivity contribution < 1.29 is 9.90 Å². The number of nitrogens with two attached hydrogens (primary N) is 1. The van der Waals surface area contributed by atoms with Crippen molar-refractivity contribution in [2.75, 3.05) is 26.2 Å². The molecule has 98 valence electrons. The summed E-state index contributed by atoms with van der Waals surface area (Å²) in [5.41, 5.74) is 6.58. The number of carbonyl (C=O) groups excluding carboxylic acids is 1. The molecule has 1 aromatic heterocycles. The van der Waals surface area contributed by atoms with Gasteiger partial charge >= 0.3 is 0 Å². The summed E-state index contributed by atoms with van der Waals surface area (Å²) >= 11 is 0. The van der Waals surface area contributed by atoms with Gasteiger partial charge in [0.2, 0.25) is 0 Å². The number of rotatable bonds is 2. The number of aliphatic hydroxyl groups is 1. The average molecular weight is 250 g/mol. The summed E-state index contributed by atoms with van der Waals surface area (Å²) in [4.78, 5) is 18.1. The number of amides is 1. The number of nitrogens with one attached hydrogen (secondary N) is 1. The minimum absolute atomic E-state index is 0.159. The molecule has 6 heteroatoms. The first-order valence-corrected chi connectivity index (χ1v) is 6.05. The lowest BCUT2D eigenvalue weighted by Crippen LogP contribution is -2.38. The molecule has 1 atom stereocenters. The lowest BCUT2D eigenvalue weighted by molar-refractivity contribution is 0.0667. The number of β-amino-alcohol motifs (C(OH)–C–C–N with tert-alkyl or cyclic N) is 1. The molecule has 1 aromatic rings. The van der Waals surface area contributed by atoms with Gasteiger partial charge in [0.25, 0.3) is 5.91 Å². The lowest BCUT2D eigenvalue weighted by Gasteiger charge is -2.21. The molecule has 0 bridgehead atoms. The van der Waals surface area contributed by atoms with Crippen molar-refractivity contribution in [3.63, 3.8) is 0 Å². The van der Waals surface area contributed by atoms with E-state index in [1.807, 2.05) is 0 Å². The highest BCUT2D eigenvalue weighted by atomic mass is 16.3. The molecule has 4 N–H and O–H groups in total. The van der Waals surface area contributed by atoms with Crippen LogP contribution < -0.4 is 11.1 Å². The lowest BCUT2D eigenvalue weighted by atomic mass is 10.2. The van der Waals surface area contributed by atoms with Gasteiger partial charge in [-0.2, -0.15) is 0 Å². The molecule has 1 unspecified atom stereocenters. The molecule has 1 amide bonds. The van der Waals surface area contributed by atoms with Crippen LogP contribution in [0.25, 0.3) is 0 Å².